The van der Waals surface area contributed by atoms with Crippen molar-refractivity contribution >= 4 is 27.3 Å². The Bertz CT molecular complexity index is 705. The molecule has 0 aliphatic rings. The van der Waals surface area contributed by atoms with Gasteiger partial charge in [-0.3, -0.25) is 0 Å². The van der Waals surface area contributed by atoms with Gasteiger partial charge in [-0.15, -0.1) is 11.3 Å². The van der Waals surface area contributed by atoms with Gasteiger partial charge < -0.3 is 5.73 Å². The highest BCUT2D eigenvalue weighted by Crippen LogP contribution is 2.35. The first kappa shape index (κ1) is 13.5. The molecule has 3 aromatic rings. The average Bonchev–Trinajstić information content (AvgIpc) is 2.93. The van der Waals surface area contributed by atoms with E-state index in [0.717, 1.165) is 25.6 Å². The molecule has 4 heteroatoms. The molecule has 0 aliphatic heterocycles. The summed E-state index contributed by atoms with van der Waals surface area (Å²) in [4.78, 5) is 5.84. The average molecular weight is 345 g/mol. The number of hydrogen-bond donors (Lipinski definition) is 1. The summed E-state index contributed by atoms with van der Waals surface area (Å²) in [7, 11) is 0. The van der Waals surface area contributed by atoms with E-state index < -0.39 is 0 Å². The van der Waals surface area contributed by atoms with Crippen LogP contribution < -0.4 is 5.73 Å². The normalized spacial score (nSPS) is 10.7. The summed E-state index contributed by atoms with van der Waals surface area (Å²) in [6.07, 6.45) is 0. The van der Waals surface area contributed by atoms with E-state index in [9.17, 15) is 0 Å². The van der Waals surface area contributed by atoms with Crippen molar-refractivity contribution in [1.29, 1.82) is 0 Å². The highest BCUT2D eigenvalue weighted by molar-refractivity contribution is 9.10. The molecule has 2 aromatic carbocycles. The standard InChI is InChI=1S/C16H13BrN2S/c17-13-8-6-12(7-9-13)16-19-14(10-18)15(20-16)11-4-2-1-3-5-11/h1-9H,10,18H2. The number of nitrogens with zero attached hydrogens (tertiary/aromatic N) is 1. The molecule has 0 saturated carbocycles. The van der Waals surface area contributed by atoms with Crippen molar-refractivity contribution < 1.29 is 0 Å². The van der Waals surface area contributed by atoms with E-state index in [4.69, 9.17) is 5.73 Å². The van der Waals surface area contributed by atoms with E-state index in [1.165, 1.54) is 5.56 Å². The van der Waals surface area contributed by atoms with Gasteiger partial charge in [-0.1, -0.05) is 58.4 Å². The van der Waals surface area contributed by atoms with Crippen LogP contribution in [0.1, 0.15) is 5.69 Å². The van der Waals surface area contributed by atoms with Crippen LogP contribution in [0.5, 0.6) is 0 Å². The van der Waals surface area contributed by atoms with Crippen molar-refractivity contribution in [2.45, 2.75) is 6.54 Å². The smallest absolute Gasteiger partial charge is 0.124 e. The molecule has 1 heterocycles. The van der Waals surface area contributed by atoms with Crippen LogP contribution in [0, 0.1) is 0 Å². The van der Waals surface area contributed by atoms with Gasteiger partial charge in [0, 0.05) is 16.6 Å². The van der Waals surface area contributed by atoms with Gasteiger partial charge in [0.15, 0.2) is 0 Å². The van der Waals surface area contributed by atoms with E-state index >= 15 is 0 Å². The largest absolute Gasteiger partial charge is 0.325 e. The fourth-order valence-corrected chi connectivity index (χ4v) is 3.39. The number of halogens is 1. The minimum Gasteiger partial charge on any atom is -0.325 e. The minimum atomic E-state index is 0.456. The first-order valence-corrected chi connectivity index (χ1v) is 7.90. The lowest BCUT2D eigenvalue weighted by atomic mass is 10.1. The van der Waals surface area contributed by atoms with Gasteiger partial charge in [0.2, 0.25) is 0 Å². The lowest BCUT2D eigenvalue weighted by molar-refractivity contribution is 1.02. The lowest BCUT2D eigenvalue weighted by Crippen LogP contribution is -1.98. The molecular weight excluding hydrogens is 332 g/mol. The van der Waals surface area contributed by atoms with E-state index in [1.807, 2.05) is 30.3 Å². The van der Waals surface area contributed by atoms with Crippen molar-refractivity contribution in [2.24, 2.45) is 5.73 Å². The zero-order valence-electron chi connectivity index (χ0n) is 10.7. The first-order valence-electron chi connectivity index (χ1n) is 6.29. The van der Waals surface area contributed by atoms with Gasteiger partial charge in [-0.05, 0) is 17.7 Å². The number of nitrogens with two attached hydrogens (primary N) is 1. The summed E-state index contributed by atoms with van der Waals surface area (Å²) in [5, 5.41) is 1.01. The molecule has 0 radical (unpaired) electrons. The highest BCUT2D eigenvalue weighted by atomic mass is 79.9. The summed E-state index contributed by atoms with van der Waals surface area (Å²) in [6, 6.07) is 18.5. The molecule has 0 aliphatic carbocycles. The number of hydrogen-bond acceptors (Lipinski definition) is 3. The van der Waals surface area contributed by atoms with Gasteiger partial charge in [0.1, 0.15) is 5.01 Å². The number of rotatable bonds is 3. The number of benzene rings is 2. The molecule has 20 heavy (non-hydrogen) atoms. The van der Waals surface area contributed by atoms with Crippen LogP contribution in [0.25, 0.3) is 21.0 Å². The zero-order valence-corrected chi connectivity index (χ0v) is 13.1. The number of thiazole rings is 1. The Kier molecular flexibility index (Phi) is 3.96. The van der Waals surface area contributed by atoms with Gasteiger partial charge in [0.25, 0.3) is 0 Å². The first-order chi connectivity index (χ1) is 9.78. The van der Waals surface area contributed by atoms with E-state index in [0.29, 0.717) is 6.54 Å². The monoisotopic (exact) mass is 344 g/mol. The van der Waals surface area contributed by atoms with Crippen LogP contribution in [-0.4, -0.2) is 4.98 Å². The van der Waals surface area contributed by atoms with Crippen LogP contribution in [-0.2, 0) is 6.54 Å². The summed E-state index contributed by atoms with van der Waals surface area (Å²) in [6.45, 7) is 0.456. The SMILES string of the molecule is NCc1nc(-c2ccc(Br)cc2)sc1-c1ccccc1. The Labute approximate surface area is 130 Å². The van der Waals surface area contributed by atoms with Crippen LogP contribution in [0.2, 0.25) is 0 Å². The maximum absolute atomic E-state index is 5.84. The molecule has 0 amide bonds. The third kappa shape index (κ3) is 2.68. The summed E-state index contributed by atoms with van der Waals surface area (Å²) < 4.78 is 1.07. The van der Waals surface area contributed by atoms with Crippen LogP contribution in [0.4, 0.5) is 0 Å². The fraction of sp³-hybridized carbons (Fsp3) is 0.0625. The maximum Gasteiger partial charge on any atom is 0.124 e. The predicted octanol–water partition coefficient (Wildman–Crippen LogP) is 4.70. The Morgan fingerprint density at radius 1 is 0.950 bits per heavy atom. The van der Waals surface area contributed by atoms with Crippen molar-refractivity contribution in [3.05, 3.63) is 64.8 Å². The molecular formula is C16H13BrN2S. The van der Waals surface area contributed by atoms with Crippen molar-refractivity contribution in [2.75, 3.05) is 0 Å². The molecule has 0 fully saturated rings. The zero-order chi connectivity index (χ0) is 13.9. The van der Waals surface area contributed by atoms with Crippen LogP contribution >= 0.6 is 27.3 Å². The molecule has 100 valence electrons. The second kappa shape index (κ2) is 5.87. The van der Waals surface area contributed by atoms with Crippen LogP contribution in [0.15, 0.2) is 59.1 Å². The Morgan fingerprint density at radius 3 is 2.30 bits per heavy atom. The van der Waals surface area contributed by atoms with Gasteiger partial charge >= 0.3 is 0 Å². The third-order valence-corrected chi connectivity index (χ3v) is 4.74. The van der Waals surface area contributed by atoms with E-state index in [-0.39, 0.29) is 0 Å². The van der Waals surface area contributed by atoms with Crippen molar-refractivity contribution in [1.82, 2.24) is 4.98 Å². The predicted molar refractivity (Wildman–Crippen MR) is 88.6 cm³/mol. The maximum atomic E-state index is 5.84. The molecule has 0 atom stereocenters. The third-order valence-electron chi connectivity index (χ3n) is 3.02. The molecule has 0 unspecified atom stereocenters. The molecule has 2 nitrogen and oxygen atoms in total. The number of aromatic nitrogens is 1. The summed E-state index contributed by atoms with van der Waals surface area (Å²) in [5.41, 5.74) is 9.09. The fourth-order valence-electron chi connectivity index (χ4n) is 2.02. The molecule has 0 saturated heterocycles. The van der Waals surface area contributed by atoms with Crippen molar-refractivity contribution in [3.8, 4) is 21.0 Å². The molecule has 1 aromatic heterocycles. The second-order valence-electron chi connectivity index (χ2n) is 4.37. The molecule has 3 rings (SSSR count). The molecule has 2 N–H and O–H groups in total. The van der Waals surface area contributed by atoms with Crippen molar-refractivity contribution in [3.63, 3.8) is 0 Å². The van der Waals surface area contributed by atoms with Gasteiger partial charge in [-0.2, -0.15) is 0 Å². The lowest BCUT2D eigenvalue weighted by Gasteiger charge is -1.98. The Balaban J connectivity index is 2.07. The van der Waals surface area contributed by atoms with E-state index in [2.05, 4.69) is 45.2 Å². The summed E-state index contributed by atoms with van der Waals surface area (Å²) >= 11 is 5.14. The topological polar surface area (TPSA) is 38.9 Å². The Morgan fingerprint density at radius 2 is 1.65 bits per heavy atom. The minimum absolute atomic E-state index is 0.456. The van der Waals surface area contributed by atoms with Crippen LogP contribution in [0.3, 0.4) is 0 Å². The quantitative estimate of drug-likeness (QED) is 0.747. The second-order valence-corrected chi connectivity index (χ2v) is 6.29. The van der Waals surface area contributed by atoms with Gasteiger partial charge in [0.05, 0.1) is 10.6 Å². The Hall–Kier alpha value is -1.49. The molecule has 0 spiro atoms. The highest BCUT2D eigenvalue weighted by Gasteiger charge is 2.12. The van der Waals surface area contributed by atoms with Gasteiger partial charge in [-0.25, -0.2) is 4.98 Å². The summed E-state index contributed by atoms with van der Waals surface area (Å²) in [5.74, 6) is 0. The molecule has 0 bridgehead atoms. The van der Waals surface area contributed by atoms with E-state index in [1.54, 1.807) is 11.3 Å².